The largest absolute Gasteiger partial charge is 0.481 e. The number of carbonyl (C=O) groups excluding carboxylic acids is 1. The van der Waals surface area contributed by atoms with Crippen LogP contribution in [0.1, 0.15) is 29.6 Å². The van der Waals surface area contributed by atoms with Gasteiger partial charge in [-0.15, -0.1) is 5.10 Å². The fourth-order valence-corrected chi connectivity index (χ4v) is 2.90. The smallest absolute Gasteiger partial charge is 0.303 e. The minimum atomic E-state index is -0.768. The van der Waals surface area contributed by atoms with Gasteiger partial charge in [0.05, 0.1) is 18.1 Å². The second-order valence-corrected chi connectivity index (χ2v) is 5.73. The molecule has 2 aromatic rings. The molecule has 0 aliphatic carbocycles. The molecule has 1 amide bonds. The van der Waals surface area contributed by atoms with E-state index in [-0.39, 0.29) is 18.2 Å². The topological polar surface area (TPSA) is 88.3 Å². The molecule has 0 radical (unpaired) electrons. The SMILES string of the molecule is O=C(O)CC1CCN(C(=O)c2cccc(-n3ccnn3)c2)CC1. The van der Waals surface area contributed by atoms with E-state index in [2.05, 4.69) is 10.3 Å². The average Bonchev–Trinajstić information content (AvgIpc) is 3.09. The van der Waals surface area contributed by atoms with E-state index in [0.717, 1.165) is 18.5 Å². The number of piperidine rings is 1. The molecule has 2 heterocycles. The molecule has 7 heteroatoms. The van der Waals surface area contributed by atoms with Gasteiger partial charge in [-0.05, 0) is 37.0 Å². The van der Waals surface area contributed by atoms with Gasteiger partial charge in [0, 0.05) is 25.1 Å². The Labute approximate surface area is 133 Å². The number of rotatable bonds is 4. The molecule has 1 N–H and O–H groups in total. The van der Waals surface area contributed by atoms with Crippen molar-refractivity contribution < 1.29 is 14.7 Å². The lowest BCUT2D eigenvalue weighted by Gasteiger charge is -2.31. The Morgan fingerprint density at radius 3 is 2.70 bits per heavy atom. The quantitative estimate of drug-likeness (QED) is 0.926. The summed E-state index contributed by atoms with van der Waals surface area (Å²) in [5.74, 6) is -0.630. The minimum absolute atomic E-state index is 0.0271. The van der Waals surface area contributed by atoms with Crippen molar-refractivity contribution in [3.05, 3.63) is 42.2 Å². The summed E-state index contributed by atoms with van der Waals surface area (Å²) in [4.78, 5) is 25.2. The maximum Gasteiger partial charge on any atom is 0.303 e. The van der Waals surface area contributed by atoms with Gasteiger partial charge in [0.1, 0.15) is 0 Å². The molecule has 0 spiro atoms. The van der Waals surface area contributed by atoms with Crippen LogP contribution in [-0.2, 0) is 4.79 Å². The molecule has 0 atom stereocenters. The van der Waals surface area contributed by atoms with Gasteiger partial charge >= 0.3 is 5.97 Å². The van der Waals surface area contributed by atoms with E-state index in [1.807, 2.05) is 12.1 Å². The third-order valence-electron chi connectivity index (χ3n) is 4.15. The van der Waals surface area contributed by atoms with Crippen LogP contribution in [0.15, 0.2) is 36.7 Å². The van der Waals surface area contributed by atoms with Crippen LogP contribution in [0.2, 0.25) is 0 Å². The van der Waals surface area contributed by atoms with Crippen LogP contribution in [0, 0.1) is 5.92 Å². The first-order valence-electron chi connectivity index (χ1n) is 7.61. The van der Waals surface area contributed by atoms with Gasteiger partial charge in [-0.3, -0.25) is 9.59 Å². The van der Waals surface area contributed by atoms with Crippen molar-refractivity contribution in [2.24, 2.45) is 5.92 Å². The summed E-state index contributed by atoms with van der Waals surface area (Å²) in [6.45, 7) is 1.20. The van der Waals surface area contributed by atoms with Crippen molar-refractivity contribution in [3.63, 3.8) is 0 Å². The number of carboxylic acid groups (broad SMARTS) is 1. The number of hydrogen-bond acceptors (Lipinski definition) is 4. The number of amides is 1. The van der Waals surface area contributed by atoms with Gasteiger partial charge in [-0.25, -0.2) is 4.68 Å². The third kappa shape index (κ3) is 3.56. The van der Waals surface area contributed by atoms with Crippen molar-refractivity contribution >= 4 is 11.9 Å². The number of hydrogen-bond donors (Lipinski definition) is 1. The first kappa shape index (κ1) is 15.2. The predicted octanol–water partition coefficient (Wildman–Crippen LogP) is 1.59. The van der Waals surface area contributed by atoms with Crippen LogP contribution in [0.25, 0.3) is 5.69 Å². The summed E-state index contributed by atoms with van der Waals surface area (Å²) in [6.07, 6.45) is 4.97. The van der Waals surface area contributed by atoms with Crippen molar-refractivity contribution in [1.82, 2.24) is 19.9 Å². The molecule has 1 aliphatic heterocycles. The van der Waals surface area contributed by atoms with Gasteiger partial charge in [0.15, 0.2) is 0 Å². The summed E-state index contributed by atoms with van der Waals surface area (Å²) in [5.41, 5.74) is 1.39. The second-order valence-electron chi connectivity index (χ2n) is 5.73. The van der Waals surface area contributed by atoms with E-state index in [1.165, 1.54) is 0 Å². The molecule has 1 aromatic carbocycles. The van der Waals surface area contributed by atoms with Crippen LogP contribution in [0.4, 0.5) is 0 Å². The van der Waals surface area contributed by atoms with E-state index < -0.39 is 5.97 Å². The highest BCUT2D eigenvalue weighted by Gasteiger charge is 2.25. The first-order valence-corrected chi connectivity index (χ1v) is 7.61. The Bertz CT molecular complexity index is 691. The first-order chi connectivity index (χ1) is 11.1. The number of likely N-dealkylation sites (tertiary alicyclic amines) is 1. The zero-order valence-electron chi connectivity index (χ0n) is 12.6. The van der Waals surface area contributed by atoms with E-state index in [0.29, 0.717) is 18.7 Å². The van der Waals surface area contributed by atoms with Crippen LogP contribution in [0.5, 0.6) is 0 Å². The Morgan fingerprint density at radius 2 is 2.04 bits per heavy atom. The van der Waals surface area contributed by atoms with E-state index >= 15 is 0 Å². The van der Waals surface area contributed by atoms with Crippen molar-refractivity contribution in [1.29, 1.82) is 0 Å². The molecular formula is C16H18N4O3. The van der Waals surface area contributed by atoms with Gasteiger partial charge in [-0.2, -0.15) is 0 Å². The number of carbonyl (C=O) groups is 2. The minimum Gasteiger partial charge on any atom is -0.481 e. The zero-order valence-corrected chi connectivity index (χ0v) is 12.6. The molecule has 0 unspecified atom stereocenters. The summed E-state index contributed by atoms with van der Waals surface area (Å²) in [7, 11) is 0. The second kappa shape index (κ2) is 6.60. The van der Waals surface area contributed by atoms with Crippen LogP contribution in [0.3, 0.4) is 0 Å². The molecule has 0 bridgehead atoms. The molecular weight excluding hydrogens is 296 g/mol. The Morgan fingerprint density at radius 1 is 1.26 bits per heavy atom. The van der Waals surface area contributed by atoms with Gasteiger partial charge in [0.2, 0.25) is 0 Å². The molecule has 120 valence electrons. The maximum atomic E-state index is 12.6. The number of carboxylic acids is 1. The van der Waals surface area contributed by atoms with E-state index in [4.69, 9.17) is 5.11 Å². The Hall–Kier alpha value is -2.70. The Kier molecular flexibility index (Phi) is 4.36. The molecule has 7 nitrogen and oxygen atoms in total. The highest BCUT2D eigenvalue weighted by Crippen LogP contribution is 2.22. The molecule has 1 aliphatic rings. The average molecular weight is 314 g/mol. The fraction of sp³-hybridized carbons (Fsp3) is 0.375. The lowest BCUT2D eigenvalue weighted by atomic mass is 9.93. The highest BCUT2D eigenvalue weighted by molar-refractivity contribution is 5.94. The van der Waals surface area contributed by atoms with Crippen LogP contribution >= 0.6 is 0 Å². The standard InChI is InChI=1S/C16H18N4O3/c21-15(22)10-12-4-7-19(8-5-12)16(23)13-2-1-3-14(11-13)20-9-6-17-18-20/h1-3,6,9,11-12H,4-5,7-8,10H2,(H,21,22). The summed E-state index contributed by atoms with van der Waals surface area (Å²) in [5, 5.41) is 16.5. The zero-order chi connectivity index (χ0) is 16.2. The summed E-state index contributed by atoms with van der Waals surface area (Å²) in [6, 6.07) is 7.26. The summed E-state index contributed by atoms with van der Waals surface area (Å²) < 4.78 is 1.61. The molecule has 3 rings (SSSR count). The van der Waals surface area contributed by atoms with Crippen LogP contribution in [-0.4, -0.2) is 50.0 Å². The molecule has 1 fully saturated rings. The van der Waals surface area contributed by atoms with Crippen molar-refractivity contribution in [2.75, 3.05) is 13.1 Å². The number of nitrogens with zero attached hydrogens (tertiary/aromatic N) is 4. The fourth-order valence-electron chi connectivity index (χ4n) is 2.90. The van der Waals surface area contributed by atoms with Gasteiger partial charge < -0.3 is 10.0 Å². The molecule has 1 saturated heterocycles. The number of aromatic nitrogens is 3. The van der Waals surface area contributed by atoms with Crippen molar-refractivity contribution in [3.8, 4) is 5.69 Å². The van der Waals surface area contributed by atoms with Crippen molar-refractivity contribution in [2.45, 2.75) is 19.3 Å². The van der Waals surface area contributed by atoms with Gasteiger partial charge in [0.25, 0.3) is 5.91 Å². The monoisotopic (exact) mass is 314 g/mol. The normalized spacial score (nSPS) is 15.6. The Balaban J connectivity index is 1.67. The van der Waals surface area contributed by atoms with Gasteiger partial charge in [-0.1, -0.05) is 11.3 Å². The molecule has 23 heavy (non-hydrogen) atoms. The lowest BCUT2D eigenvalue weighted by molar-refractivity contribution is -0.138. The van der Waals surface area contributed by atoms with Crippen LogP contribution < -0.4 is 0 Å². The number of aliphatic carboxylic acids is 1. The van der Waals surface area contributed by atoms with E-state index in [9.17, 15) is 9.59 Å². The highest BCUT2D eigenvalue weighted by atomic mass is 16.4. The molecule has 0 saturated carbocycles. The lowest BCUT2D eigenvalue weighted by Crippen LogP contribution is -2.38. The van der Waals surface area contributed by atoms with E-state index in [1.54, 1.807) is 34.1 Å². The predicted molar refractivity (Wildman–Crippen MR) is 82.2 cm³/mol. The summed E-state index contributed by atoms with van der Waals surface area (Å²) >= 11 is 0. The molecule has 1 aromatic heterocycles. The maximum absolute atomic E-state index is 12.6. The third-order valence-corrected chi connectivity index (χ3v) is 4.15. The number of benzene rings is 1.